The highest BCUT2D eigenvalue weighted by atomic mass is 16.5. The molecule has 114 valence electrons. The molecule has 2 rings (SSSR count). The molecule has 1 aliphatic carbocycles. The van der Waals surface area contributed by atoms with Gasteiger partial charge in [0.15, 0.2) is 0 Å². The van der Waals surface area contributed by atoms with Gasteiger partial charge in [-0.3, -0.25) is 9.59 Å². The molecular formula is C16H27NO3. The summed E-state index contributed by atoms with van der Waals surface area (Å²) in [7, 11) is 0. The maximum atomic E-state index is 12.7. The average molecular weight is 281 g/mol. The number of piperidine rings is 1. The van der Waals surface area contributed by atoms with Crippen LogP contribution >= 0.6 is 0 Å². The van der Waals surface area contributed by atoms with E-state index in [4.69, 9.17) is 4.74 Å². The van der Waals surface area contributed by atoms with Gasteiger partial charge in [0.25, 0.3) is 0 Å². The molecular weight excluding hydrogens is 254 g/mol. The van der Waals surface area contributed by atoms with E-state index in [-0.39, 0.29) is 29.1 Å². The Balaban J connectivity index is 1.98. The smallest absolute Gasteiger partial charge is 0.310 e. The van der Waals surface area contributed by atoms with Crippen LogP contribution in [0.3, 0.4) is 0 Å². The highest BCUT2D eigenvalue weighted by Crippen LogP contribution is 2.43. The summed E-state index contributed by atoms with van der Waals surface area (Å²) in [5, 5.41) is 0. The molecule has 4 heteroatoms. The lowest BCUT2D eigenvalue weighted by Crippen LogP contribution is -2.47. The number of carbonyl (C=O) groups is 2. The second-order valence-electron chi connectivity index (χ2n) is 6.81. The Hall–Kier alpha value is -1.06. The van der Waals surface area contributed by atoms with Gasteiger partial charge in [0, 0.05) is 19.0 Å². The topological polar surface area (TPSA) is 46.6 Å². The van der Waals surface area contributed by atoms with E-state index in [1.807, 2.05) is 11.8 Å². The summed E-state index contributed by atoms with van der Waals surface area (Å²) >= 11 is 0. The van der Waals surface area contributed by atoms with E-state index in [2.05, 4.69) is 13.8 Å². The molecule has 1 saturated carbocycles. The third kappa shape index (κ3) is 3.15. The fraction of sp³-hybridized carbons (Fsp3) is 0.875. The molecule has 0 radical (unpaired) electrons. The standard InChI is InChI=1S/C16H27NO3/c1-4-20-15(19)12-7-6-10-17(11-12)14(18)13-8-5-9-16(13,2)3/h12-13H,4-11H2,1-3H3. The van der Waals surface area contributed by atoms with E-state index < -0.39 is 0 Å². The average Bonchev–Trinajstić information content (AvgIpc) is 2.78. The van der Waals surface area contributed by atoms with Crippen LogP contribution in [-0.4, -0.2) is 36.5 Å². The number of likely N-dealkylation sites (tertiary alicyclic amines) is 1. The summed E-state index contributed by atoms with van der Waals surface area (Å²) in [5.41, 5.74) is 0.105. The molecule has 2 fully saturated rings. The number of nitrogens with zero attached hydrogens (tertiary/aromatic N) is 1. The summed E-state index contributed by atoms with van der Waals surface area (Å²) < 4.78 is 5.10. The first-order chi connectivity index (χ1) is 9.45. The third-order valence-electron chi connectivity index (χ3n) is 4.91. The van der Waals surface area contributed by atoms with Crippen molar-refractivity contribution in [2.75, 3.05) is 19.7 Å². The molecule has 1 aliphatic heterocycles. The van der Waals surface area contributed by atoms with Crippen molar-refractivity contribution in [3.8, 4) is 0 Å². The normalized spacial score (nSPS) is 29.2. The van der Waals surface area contributed by atoms with Crippen molar-refractivity contribution >= 4 is 11.9 Å². The molecule has 0 aromatic carbocycles. The molecule has 20 heavy (non-hydrogen) atoms. The molecule has 1 saturated heterocycles. The van der Waals surface area contributed by atoms with Crippen LogP contribution in [0, 0.1) is 17.3 Å². The zero-order chi connectivity index (χ0) is 14.8. The van der Waals surface area contributed by atoms with Crippen LogP contribution in [0.2, 0.25) is 0 Å². The number of hydrogen-bond donors (Lipinski definition) is 0. The summed E-state index contributed by atoms with van der Waals surface area (Å²) in [4.78, 5) is 26.5. The second kappa shape index (κ2) is 6.15. The fourth-order valence-electron chi connectivity index (χ4n) is 3.63. The number of hydrogen-bond acceptors (Lipinski definition) is 3. The van der Waals surface area contributed by atoms with Crippen molar-refractivity contribution in [2.24, 2.45) is 17.3 Å². The van der Waals surface area contributed by atoms with Gasteiger partial charge < -0.3 is 9.64 Å². The molecule has 4 nitrogen and oxygen atoms in total. The van der Waals surface area contributed by atoms with Gasteiger partial charge in [0.05, 0.1) is 12.5 Å². The molecule has 1 heterocycles. The van der Waals surface area contributed by atoms with Crippen LogP contribution in [0.25, 0.3) is 0 Å². The van der Waals surface area contributed by atoms with Crippen LogP contribution in [0.1, 0.15) is 52.9 Å². The van der Waals surface area contributed by atoms with Crippen molar-refractivity contribution in [2.45, 2.75) is 52.9 Å². The number of carbonyl (C=O) groups excluding carboxylic acids is 2. The van der Waals surface area contributed by atoms with E-state index in [0.29, 0.717) is 13.2 Å². The van der Waals surface area contributed by atoms with Crippen LogP contribution in [0.5, 0.6) is 0 Å². The van der Waals surface area contributed by atoms with Gasteiger partial charge in [-0.25, -0.2) is 0 Å². The molecule has 2 unspecified atom stereocenters. The molecule has 0 aromatic rings. The highest BCUT2D eigenvalue weighted by molar-refractivity contribution is 5.81. The molecule has 2 atom stereocenters. The van der Waals surface area contributed by atoms with Gasteiger partial charge in [-0.15, -0.1) is 0 Å². The number of esters is 1. The summed E-state index contributed by atoms with van der Waals surface area (Å²) in [6.45, 7) is 7.96. The van der Waals surface area contributed by atoms with Crippen molar-refractivity contribution in [3.63, 3.8) is 0 Å². The van der Waals surface area contributed by atoms with Crippen molar-refractivity contribution in [1.29, 1.82) is 0 Å². The lowest BCUT2D eigenvalue weighted by Gasteiger charge is -2.36. The Morgan fingerprint density at radius 1 is 1.25 bits per heavy atom. The van der Waals surface area contributed by atoms with Crippen LogP contribution in [0.4, 0.5) is 0 Å². The minimum absolute atomic E-state index is 0.105. The third-order valence-corrected chi connectivity index (χ3v) is 4.91. The van der Waals surface area contributed by atoms with E-state index in [1.54, 1.807) is 0 Å². The Morgan fingerprint density at radius 3 is 2.60 bits per heavy atom. The summed E-state index contributed by atoms with van der Waals surface area (Å²) in [6, 6.07) is 0. The fourth-order valence-corrected chi connectivity index (χ4v) is 3.63. The van der Waals surface area contributed by atoms with Crippen LogP contribution in [0.15, 0.2) is 0 Å². The Bertz CT molecular complexity index is 378. The summed E-state index contributed by atoms with van der Waals surface area (Å²) in [5.74, 6) is 0.109. The zero-order valence-electron chi connectivity index (χ0n) is 13.0. The van der Waals surface area contributed by atoms with Crippen LogP contribution < -0.4 is 0 Å². The predicted molar refractivity (Wildman–Crippen MR) is 77.1 cm³/mol. The lowest BCUT2D eigenvalue weighted by molar-refractivity contribution is -0.152. The van der Waals surface area contributed by atoms with Crippen molar-refractivity contribution < 1.29 is 14.3 Å². The first-order valence-corrected chi connectivity index (χ1v) is 7.91. The molecule has 0 N–H and O–H groups in total. The van der Waals surface area contributed by atoms with E-state index >= 15 is 0 Å². The number of rotatable bonds is 3. The maximum Gasteiger partial charge on any atom is 0.310 e. The first-order valence-electron chi connectivity index (χ1n) is 7.91. The minimum atomic E-state index is -0.143. The monoisotopic (exact) mass is 281 g/mol. The lowest BCUT2D eigenvalue weighted by atomic mass is 9.80. The van der Waals surface area contributed by atoms with Crippen molar-refractivity contribution in [3.05, 3.63) is 0 Å². The Labute approximate surface area is 121 Å². The van der Waals surface area contributed by atoms with Gasteiger partial charge in [-0.2, -0.15) is 0 Å². The van der Waals surface area contributed by atoms with E-state index in [0.717, 1.165) is 38.6 Å². The first kappa shape index (κ1) is 15.3. The Kier molecular flexibility index (Phi) is 4.71. The van der Waals surface area contributed by atoms with Gasteiger partial charge in [0.1, 0.15) is 0 Å². The van der Waals surface area contributed by atoms with E-state index in [9.17, 15) is 9.59 Å². The molecule has 0 aromatic heterocycles. The maximum absolute atomic E-state index is 12.7. The largest absolute Gasteiger partial charge is 0.466 e. The number of amides is 1. The predicted octanol–water partition coefficient (Wildman–Crippen LogP) is 2.61. The molecule has 0 bridgehead atoms. The van der Waals surface area contributed by atoms with Gasteiger partial charge in [-0.1, -0.05) is 20.3 Å². The Morgan fingerprint density at radius 2 is 2.00 bits per heavy atom. The highest BCUT2D eigenvalue weighted by Gasteiger charge is 2.42. The van der Waals surface area contributed by atoms with Gasteiger partial charge in [-0.05, 0) is 38.0 Å². The second-order valence-corrected chi connectivity index (χ2v) is 6.81. The molecule has 2 aliphatic rings. The number of ether oxygens (including phenoxy) is 1. The SMILES string of the molecule is CCOC(=O)C1CCCN(C(=O)C2CCCC2(C)C)C1. The van der Waals surface area contributed by atoms with Gasteiger partial charge in [0.2, 0.25) is 5.91 Å². The zero-order valence-corrected chi connectivity index (χ0v) is 13.0. The van der Waals surface area contributed by atoms with E-state index in [1.165, 1.54) is 0 Å². The van der Waals surface area contributed by atoms with Crippen LogP contribution in [-0.2, 0) is 14.3 Å². The minimum Gasteiger partial charge on any atom is -0.466 e. The quantitative estimate of drug-likeness (QED) is 0.747. The summed E-state index contributed by atoms with van der Waals surface area (Å²) in [6.07, 6.45) is 5.00. The van der Waals surface area contributed by atoms with Gasteiger partial charge >= 0.3 is 5.97 Å². The molecule has 0 spiro atoms. The molecule has 1 amide bonds. The van der Waals surface area contributed by atoms with Crippen molar-refractivity contribution in [1.82, 2.24) is 4.90 Å².